The van der Waals surface area contributed by atoms with Gasteiger partial charge >= 0.3 is 0 Å². The van der Waals surface area contributed by atoms with Crippen molar-refractivity contribution >= 4 is 0 Å². The van der Waals surface area contributed by atoms with E-state index in [1.54, 1.807) is 7.11 Å². The van der Waals surface area contributed by atoms with Gasteiger partial charge in [0, 0.05) is 6.04 Å². The molecule has 0 radical (unpaired) electrons. The second kappa shape index (κ2) is 8.81. The Labute approximate surface area is 117 Å². The molecule has 1 unspecified atom stereocenters. The van der Waals surface area contributed by atoms with E-state index in [1.165, 1.54) is 5.56 Å². The molecular formula is C16H27NO2. The van der Waals surface area contributed by atoms with Crippen LogP contribution in [0.5, 0.6) is 11.5 Å². The highest BCUT2D eigenvalue weighted by Crippen LogP contribution is 2.28. The first-order chi connectivity index (χ1) is 9.21. The molecule has 1 atom stereocenters. The van der Waals surface area contributed by atoms with Crippen LogP contribution in [0.2, 0.25) is 0 Å². The van der Waals surface area contributed by atoms with Crippen molar-refractivity contribution < 1.29 is 9.47 Å². The fraction of sp³-hybridized carbons (Fsp3) is 0.625. The van der Waals surface area contributed by atoms with E-state index in [1.807, 2.05) is 6.07 Å². The zero-order valence-electron chi connectivity index (χ0n) is 12.4. The molecule has 108 valence electrons. The summed E-state index contributed by atoms with van der Waals surface area (Å²) in [5, 5.41) is 0. The lowest BCUT2D eigenvalue weighted by Crippen LogP contribution is -2.18. The van der Waals surface area contributed by atoms with Crippen LogP contribution in [0.15, 0.2) is 18.2 Å². The summed E-state index contributed by atoms with van der Waals surface area (Å²) in [5.74, 6) is 1.66. The molecule has 2 N–H and O–H groups in total. The summed E-state index contributed by atoms with van der Waals surface area (Å²) >= 11 is 0. The maximum absolute atomic E-state index is 5.93. The quantitative estimate of drug-likeness (QED) is 0.742. The van der Waals surface area contributed by atoms with Gasteiger partial charge < -0.3 is 15.2 Å². The van der Waals surface area contributed by atoms with Crippen LogP contribution in [0.4, 0.5) is 0 Å². The minimum atomic E-state index is 0.328. The topological polar surface area (TPSA) is 44.5 Å². The summed E-state index contributed by atoms with van der Waals surface area (Å²) in [5.41, 5.74) is 7.21. The number of nitrogens with two attached hydrogens (primary N) is 1. The Morgan fingerprint density at radius 2 is 2.00 bits per heavy atom. The molecule has 0 fully saturated rings. The van der Waals surface area contributed by atoms with E-state index in [0.717, 1.165) is 50.2 Å². The molecule has 0 aliphatic carbocycles. The van der Waals surface area contributed by atoms with Gasteiger partial charge in [-0.25, -0.2) is 0 Å². The molecule has 0 aromatic heterocycles. The van der Waals surface area contributed by atoms with Crippen LogP contribution in [0.3, 0.4) is 0 Å². The third-order valence-electron chi connectivity index (χ3n) is 3.25. The van der Waals surface area contributed by atoms with E-state index >= 15 is 0 Å². The molecule has 0 aliphatic heterocycles. The first kappa shape index (κ1) is 15.8. The number of ether oxygens (including phenoxy) is 2. The summed E-state index contributed by atoms with van der Waals surface area (Å²) in [4.78, 5) is 0. The second-order valence-electron chi connectivity index (χ2n) is 4.89. The Morgan fingerprint density at radius 3 is 2.63 bits per heavy atom. The highest BCUT2D eigenvalue weighted by Gasteiger charge is 2.06. The molecule has 3 nitrogen and oxygen atoms in total. The number of methoxy groups -OCH3 is 1. The van der Waals surface area contributed by atoms with E-state index in [9.17, 15) is 0 Å². The molecular weight excluding hydrogens is 238 g/mol. The maximum Gasteiger partial charge on any atom is 0.161 e. The molecule has 0 aliphatic rings. The van der Waals surface area contributed by atoms with Crippen molar-refractivity contribution in [2.24, 2.45) is 5.73 Å². The number of hydrogen-bond acceptors (Lipinski definition) is 3. The van der Waals surface area contributed by atoms with Crippen molar-refractivity contribution in [3.63, 3.8) is 0 Å². The Hall–Kier alpha value is -1.22. The van der Waals surface area contributed by atoms with Gasteiger partial charge in [-0.3, -0.25) is 0 Å². The lowest BCUT2D eigenvalue weighted by molar-refractivity contribution is 0.294. The Kier molecular flexibility index (Phi) is 7.34. The molecule has 19 heavy (non-hydrogen) atoms. The lowest BCUT2D eigenvalue weighted by Gasteiger charge is -2.12. The molecule has 0 amide bonds. The Morgan fingerprint density at radius 1 is 1.21 bits per heavy atom. The Bertz CT molecular complexity index is 366. The van der Waals surface area contributed by atoms with Crippen LogP contribution in [0, 0.1) is 0 Å². The molecule has 1 aromatic carbocycles. The van der Waals surface area contributed by atoms with Gasteiger partial charge in [0.1, 0.15) is 0 Å². The summed E-state index contributed by atoms with van der Waals surface area (Å²) in [6.07, 6.45) is 5.28. The third kappa shape index (κ3) is 5.52. The van der Waals surface area contributed by atoms with E-state index in [2.05, 4.69) is 26.0 Å². The van der Waals surface area contributed by atoms with Crippen molar-refractivity contribution in [1.82, 2.24) is 0 Å². The van der Waals surface area contributed by atoms with E-state index < -0.39 is 0 Å². The molecule has 0 spiro atoms. The first-order valence-corrected chi connectivity index (χ1v) is 7.26. The smallest absolute Gasteiger partial charge is 0.161 e. The molecule has 0 heterocycles. The fourth-order valence-corrected chi connectivity index (χ4v) is 1.97. The van der Waals surface area contributed by atoms with Gasteiger partial charge in [0.2, 0.25) is 0 Å². The van der Waals surface area contributed by atoms with Crippen molar-refractivity contribution in [2.75, 3.05) is 13.7 Å². The van der Waals surface area contributed by atoms with Crippen LogP contribution >= 0.6 is 0 Å². The van der Waals surface area contributed by atoms with Crippen LogP contribution in [0.25, 0.3) is 0 Å². The van der Waals surface area contributed by atoms with Gasteiger partial charge in [0.05, 0.1) is 13.7 Å². The third-order valence-corrected chi connectivity index (χ3v) is 3.25. The minimum absolute atomic E-state index is 0.328. The van der Waals surface area contributed by atoms with Gasteiger partial charge in [0.25, 0.3) is 0 Å². The normalized spacial score (nSPS) is 12.2. The van der Waals surface area contributed by atoms with E-state index in [0.29, 0.717) is 6.04 Å². The van der Waals surface area contributed by atoms with Crippen molar-refractivity contribution in [1.29, 1.82) is 0 Å². The van der Waals surface area contributed by atoms with Gasteiger partial charge in [-0.2, -0.15) is 0 Å². The van der Waals surface area contributed by atoms with Gasteiger partial charge in [0.15, 0.2) is 11.5 Å². The van der Waals surface area contributed by atoms with Crippen LogP contribution in [-0.2, 0) is 6.42 Å². The maximum atomic E-state index is 5.93. The zero-order chi connectivity index (χ0) is 14.1. The predicted octanol–water partition coefficient (Wildman–Crippen LogP) is 3.54. The molecule has 0 saturated carbocycles. The highest BCUT2D eigenvalue weighted by molar-refractivity contribution is 5.43. The molecule has 1 rings (SSSR count). The standard InChI is InChI=1S/C16H27NO2/c1-4-11-19-15-10-9-13(12-16(15)18-3)7-6-8-14(17)5-2/h9-10,12,14H,4-8,11,17H2,1-3H3. The number of rotatable bonds is 9. The summed E-state index contributed by atoms with van der Waals surface area (Å²) in [6, 6.07) is 6.52. The zero-order valence-corrected chi connectivity index (χ0v) is 12.4. The average molecular weight is 265 g/mol. The minimum Gasteiger partial charge on any atom is -0.493 e. The monoisotopic (exact) mass is 265 g/mol. The van der Waals surface area contributed by atoms with Gasteiger partial charge in [-0.1, -0.05) is 19.9 Å². The summed E-state index contributed by atoms with van der Waals surface area (Å²) in [6.45, 7) is 4.95. The molecule has 0 bridgehead atoms. The molecule has 1 aromatic rings. The van der Waals surface area contributed by atoms with Crippen molar-refractivity contribution in [2.45, 2.75) is 52.0 Å². The summed E-state index contributed by atoms with van der Waals surface area (Å²) < 4.78 is 11.0. The fourth-order valence-electron chi connectivity index (χ4n) is 1.97. The van der Waals surface area contributed by atoms with E-state index in [-0.39, 0.29) is 0 Å². The lowest BCUT2D eigenvalue weighted by atomic mass is 10.0. The van der Waals surface area contributed by atoms with Gasteiger partial charge in [-0.15, -0.1) is 0 Å². The molecule has 0 saturated heterocycles. The van der Waals surface area contributed by atoms with Crippen molar-refractivity contribution in [3.05, 3.63) is 23.8 Å². The van der Waals surface area contributed by atoms with Crippen molar-refractivity contribution in [3.8, 4) is 11.5 Å². The second-order valence-corrected chi connectivity index (χ2v) is 4.89. The average Bonchev–Trinajstić information content (AvgIpc) is 2.45. The first-order valence-electron chi connectivity index (χ1n) is 7.26. The number of hydrogen-bond donors (Lipinski definition) is 1. The van der Waals surface area contributed by atoms with Gasteiger partial charge in [-0.05, 0) is 49.8 Å². The Balaban J connectivity index is 2.55. The largest absolute Gasteiger partial charge is 0.493 e. The molecule has 3 heteroatoms. The van der Waals surface area contributed by atoms with E-state index in [4.69, 9.17) is 15.2 Å². The highest BCUT2D eigenvalue weighted by atomic mass is 16.5. The predicted molar refractivity (Wildman–Crippen MR) is 80.0 cm³/mol. The van der Waals surface area contributed by atoms with Crippen LogP contribution in [-0.4, -0.2) is 19.8 Å². The SMILES string of the molecule is CCCOc1ccc(CCCC(N)CC)cc1OC. The number of aryl methyl sites for hydroxylation is 1. The summed E-state index contributed by atoms with van der Waals surface area (Å²) in [7, 11) is 1.69. The van der Waals surface area contributed by atoms with Crippen LogP contribution < -0.4 is 15.2 Å². The number of benzene rings is 1. The van der Waals surface area contributed by atoms with Crippen LogP contribution in [0.1, 0.15) is 45.1 Å².